The number of aromatic nitrogens is 1. The molecule has 2 aromatic rings. The molecule has 0 saturated heterocycles. The molecule has 0 bridgehead atoms. The van der Waals surface area contributed by atoms with Crippen LogP contribution >= 0.6 is 0 Å². The Balaban J connectivity index is 2.04. The van der Waals surface area contributed by atoms with E-state index in [1.54, 1.807) is 0 Å². The first kappa shape index (κ1) is 8.49. The predicted molar refractivity (Wildman–Crippen MR) is 55.1 cm³/mol. The minimum Gasteiger partial charge on any atom is -0.443 e. The van der Waals surface area contributed by atoms with E-state index in [4.69, 9.17) is 9.68 Å². The average Bonchev–Trinajstić information content (AvgIpc) is 2.75. The van der Waals surface area contributed by atoms with Gasteiger partial charge in [0.05, 0.1) is 11.5 Å². The first-order chi connectivity index (χ1) is 7.23. The Morgan fingerprint density at radius 2 is 2.47 bits per heavy atom. The van der Waals surface area contributed by atoms with Crippen molar-refractivity contribution in [2.24, 2.45) is 5.41 Å². The number of nitriles is 1. The fourth-order valence-corrected chi connectivity index (χ4v) is 2.06. The van der Waals surface area contributed by atoms with Crippen molar-refractivity contribution >= 4 is 11.1 Å². The Morgan fingerprint density at radius 3 is 3.20 bits per heavy atom. The summed E-state index contributed by atoms with van der Waals surface area (Å²) < 4.78 is 5.24. The van der Waals surface area contributed by atoms with Gasteiger partial charge in [0.25, 0.3) is 0 Å². The number of fused-ring (bicyclic) bond motifs is 1. The first-order valence-corrected chi connectivity index (χ1v) is 4.97. The van der Waals surface area contributed by atoms with Gasteiger partial charge in [-0.1, -0.05) is 6.07 Å². The van der Waals surface area contributed by atoms with E-state index in [0.29, 0.717) is 5.92 Å². The molecule has 15 heavy (non-hydrogen) atoms. The molecule has 1 fully saturated rings. The van der Waals surface area contributed by atoms with Crippen molar-refractivity contribution in [2.45, 2.75) is 19.3 Å². The van der Waals surface area contributed by atoms with Crippen LogP contribution in [0.3, 0.4) is 0 Å². The maximum atomic E-state index is 8.98. The molecule has 3 nitrogen and oxygen atoms in total. The highest BCUT2D eigenvalue weighted by molar-refractivity contribution is 5.73. The summed E-state index contributed by atoms with van der Waals surface area (Å²) in [5.41, 5.74) is 2.69. The molecule has 3 heteroatoms. The van der Waals surface area contributed by atoms with Crippen molar-refractivity contribution in [3.8, 4) is 6.07 Å². The highest BCUT2D eigenvalue weighted by atomic mass is 16.3. The topological polar surface area (TPSA) is 49.8 Å². The van der Waals surface area contributed by atoms with E-state index < -0.39 is 0 Å². The third-order valence-corrected chi connectivity index (χ3v) is 3.25. The van der Waals surface area contributed by atoms with E-state index in [0.717, 1.165) is 17.5 Å². The van der Waals surface area contributed by atoms with Gasteiger partial charge < -0.3 is 4.42 Å². The molecule has 0 spiro atoms. The molecule has 0 N–H and O–H groups in total. The third kappa shape index (κ3) is 1.15. The lowest BCUT2D eigenvalue weighted by Crippen LogP contribution is -1.92. The zero-order valence-electron chi connectivity index (χ0n) is 8.40. The highest BCUT2D eigenvalue weighted by Gasteiger charge is 2.51. The minimum absolute atomic E-state index is 0.173. The lowest BCUT2D eigenvalue weighted by atomic mass is 10.0. The molecule has 1 aliphatic carbocycles. The van der Waals surface area contributed by atoms with Crippen molar-refractivity contribution in [3.63, 3.8) is 0 Å². The van der Waals surface area contributed by atoms with Gasteiger partial charge in [-0.15, -0.1) is 0 Å². The number of nitrogens with zero attached hydrogens (tertiary/aromatic N) is 2. The van der Waals surface area contributed by atoms with Gasteiger partial charge in [0.1, 0.15) is 5.52 Å². The molecule has 74 valence electrons. The second-order valence-electron chi connectivity index (χ2n) is 4.37. The molecule has 1 aliphatic rings. The van der Waals surface area contributed by atoms with Crippen LogP contribution in [-0.4, -0.2) is 4.98 Å². The van der Waals surface area contributed by atoms with Gasteiger partial charge in [-0.05, 0) is 31.0 Å². The Kier molecular flexibility index (Phi) is 1.47. The van der Waals surface area contributed by atoms with Gasteiger partial charge in [-0.2, -0.15) is 5.26 Å². The van der Waals surface area contributed by atoms with Crippen molar-refractivity contribution in [3.05, 3.63) is 30.2 Å². The largest absolute Gasteiger partial charge is 0.443 e. The van der Waals surface area contributed by atoms with E-state index in [2.05, 4.69) is 11.1 Å². The standard InChI is InChI=1S/C12H10N2O/c1-12(6-13)5-9(12)8-2-3-10-11(4-8)15-7-14-10/h2-4,7,9H,5H2,1H3. The summed E-state index contributed by atoms with van der Waals surface area (Å²) in [7, 11) is 0. The summed E-state index contributed by atoms with van der Waals surface area (Å²) >= 11 is 0. The van der Waals surface area contributed by atoms with Gasteiger partial charge in [0.15, 0.2) is 12.0 Å². The van der Waals surface area contributed by atoms with Crippen LogP contribution in [0.2, 0.25) is 0 Å². The molecular formula is C12H10N2O. The second-order valence-corrected chi connectivity index (χ2v) is 4.37. The van der Waals surface area contributed by atoms with Gasteiger partial charge in [-0.25, -0.2) is 4.98 Å². The highest BCUT2D eigenvalue weighted by Crippen LogP contribution is 2.58. The van der Waals surface area contributed by atoms with E-state index in [1.165, 1.54) is 12.0 Å². The van der Waals surface area contributed by atoms with E-state index in [-0.39, 0.29) is 5.41 Å². The zero-order valence-corrected chi connectivity index (χ0v) is 8.40. The van der Waals surface area contributed by atoms with Crippen LogP contribution in [-0.2, 0) is 0 Å². The van der Waals surface area contributed by atoms with Crippen molar-refractivity contribution < 1.29 is 4.42 Å². The molecule has 0 aliphatic heterocycles. The molecule has 2 atom stereocenters. The molecule has 1 saturated carbocycles. The van der Waals surface area contributed by atoms with E-state index in [9.17, 15) is 0 Å². The Bertz CT molecular complexity index is 566. The van der Waals surface area contributed by atoms with Crippen LogP contribution in [0.1, 0.15) is 24.8 Å². The van der Waals surface area contributed by atoms with Crippen LogP contribution < -0.4 is 0 Å². The molecule has 2 unspecified atom stereocenters. The van der Waals surface area contributed by atoms with Crippen LogP contribution in [0.4, 0.5) is 0 Å². The van der Waals surface area contributed by atoms with Gasteiger partial charge in [-0.3, -0.25) is 0 Å². The summed E-state index contributed by atoms with van der Waals surface area (Å²) in [5, 5.41) is 8.98. The number of hydrogen-bond acceptors (Lipinski definition) is 3. The summed E-state index contributed by atoms with van der Waals surface area (Å²) in [4.78, 5) is 4.06. The second kappa shape index (κ2) is 2.60. The van der Waals surface area contributed by atoms with Gasteiger partial charge in [0.2, 0.25) is 0 Å². The summed E-state index contributed by atoms with van der Waals surface area (Å²) in [6.07, 6.45) is 2.40. The van der Waals surface area contributed by atoms with E-state index >= 15 is 0 Å². The molecule has 1 heterocycles. The fourth-order valence-electron chi connectivity index (χ4n) is 2.06. The summed E-state index contributed by atoms with van der Waals surface area (Å²) in [5.74, 6) is 0.358. The number of benzene rings is 1. The van der Waals surface area contributed by atoms with Crippen molar-refractivity contribution in [1.29, 1.82) is 5.26 Å². The normalized spacial score (nSPS) is 28.9. The molecule has 0 amide bonds. The van der Waals surface area contributed by atoms with Crippen LogP contribution in [0.5, 0.6) is 0 Å². The SMILES string of the molecule is CC1(C#N)CC1c1ccc2ncoc2c1. The summed E-state index contributed by atoms with van der Waals surface area (Å²) in [6, 6.07) is 8.34. The van der Waals surface area contributed by atoms with Gasteiger partial charge in [0, 0.05) is 5.92 Å². The van der Waals surface area contributed by atoms with Crippen LogP contribution in [0.15, 0.2) is 29.0 Å². The third-order valence-electron chi connectivity index (χ3n) is 3.25. The average molecular weight is 198 g/mol. The lowest BCUT2D eigenvalue weighted by Gasteiger charge is -2.00. The molecule has 0 radical (unpaired) electrons. The van der Waals surface area contributed by atoms with E-state index in [1.807, 2.05) is 25.1 Å². The molecular weight excluding hydrogens is 188 g/mol. The maximum Gasteiger partial charge on any atom is 0.181 e. The van der Waals surface area contributed by atoms with Gasteiger partial charge >= 0.3 is 0 Å². The minimum atomic E-state index is -0.173. The Hall–Kier alpha value is -1.82. The zero-order chi connectivity index (χ0) is 10.5. The fraction of sp³-hybridized carbons (Fsp3) is 0.333. The van der Waals surface area contributed by atoms with Crippen molar-refractivity contribution in [1.82, 2.24) is 4.98 Å². The van der Waals surface area contributed by atoms with Crippen molar-refractivity contribution in [2.75, 3.05) is 0 Å². The molecule has 1 aromatic carbocycles. The first-order valence-electron chi connectivity index (χ1n) is 4.97. The maximum absolute atomic E-state index is 8.98. The quantitative estimate of drug-likeness (QED) is 0.707. The monoisotopic (exact) mass is 198 g/mol. The van der Waals surface area contributed by atoms with Crippen LogP contribution in [0.25, 0.3) is 11.1 Å². The molecule has 3 rings (SSSR count). The number of oxazole rings is 1. The Morgan fingerprint density at radius 1 is 1.60 bits per heavy atom. The summed E-state index contributed by atoms with van der Waals surface area (Å²) in [6.45, 7) is 2.00. The van der Waals surface area contributed by atoms with Crippen LogP contribution in [0, 0.1) is 16.7 Å². The Labute approximate surface area is 87.3 Å². The number of hydrogen-bond donors (Lipinski definition) is 0. The smallest absolute Gasteiger partial charge is 0.181 e. The number of rotatable bonds is 1. The molecule has 1 aromatic heterocycles. The lowest BCUT2D eigenvalue weighted by molar-refractivity contribution is 0.601. The predicted octanol–water partition coefficient (Wildman–Crippen LogP) is 2.84.